The summed E-state index contributed by atoms with van der Waals surface area (Å²) >= 11 is 0. The molecule has 0 unspecified atom stereocenters. The number of Topliss-reactive ketones (excluding diaryl/α,β-unsaturated/α-hetero) is 1. The zero-order valence-electron chi connectivity index (χ0n) is 13.3. The second-order valence-corrected chi connectivity index (χ2v) is 7.57. The van der Waals surface area contributed by atoms with E-state index in [1.54, 1.807) is 0 Å². The van der Waals surface area contributed by atoms with Crippen LogP contribution in [0.5, 0.6) is 0 Å². The summed E-state index contributed by atoms with van der Waals surface area (Å²) in [6.07, 6.45) is 8.09. The number of hydrogen-bond donors (Lipinski definition) is 0. The van der Waals surface area contributed by atoms with Gasteiger partial charge < -0.3 is 0 Å². The normalized spacial score (nSPS) is 38.1. The highest BCUT2D eigenvalue weighted by molar-refractivity contribution is 5.83. The van der Waals surface area contributed by atoms with Crippen LogP contribution >= 0.6 is 0 Å². The second kappa shape index (κ2) is 5.42. The molecule has 19 heavy (non-hydrogen) atoms. The molecule has 0 saturated heterocycles. The third-order valence-electron chi connectivity index (χ3n) is 5.74. The molecular weight excluding hydrogens is 232 g/mol. The van der Waals surface area contributed by atoms with E-state index in [0.29, 0.717) is 23.5 Å². The highest BCUT2D eigenvalue weighted by atomic mass is 16.1. The van der Waals surface area contributed by atoms with Crippen LogP contribution in [0.15, 0.2) is 11.6 Å². The van der Waals surface area contributed by atoms with Gasteiger partial charge in [-0.3, -0.25) is 4.79 Å². The predicted octanol–water partition coefficient (Wildman–Crippen LogP) is 5.01. The Labute approximate surface area is 118 Å². The van der Waals surface area contributed by atoms with Crippen molar-refractivity contribution in [3.8, 4) is 0 Å². The molecule has 0 heterocycles. The number of hydrogen-bond acceptors (Lipinski definition) is 1. The molecule has 2 aliphatic carbocycles. The van der Waals surface area contributed by atoms with Gasteiger partial charge >= 0.3 is 0 Å². The number of carbonyl (C=O) groups excluding carboxylic acids is 1. The molecule has 1 saturated carbocycles. The number of rotatable bonds is 2. The molecule has 2 aliphatic rings. The van der Waals surface area contributed by atoms with Gasteiger partial charge in [0.1, 0.15) is 5.78 Å². The predicted molar refractivity (Wildman–Crippen MR) is 80.9 cm³/mol. The highest BCUT2D eigenvalue weighted by Gasteiger charge is 2.48. The molecule has 4 atom stereocenters. The van der Waals surface area contributed by atoms with Gasteiger partial charge in [-0.1, -0.05) is 52.2 Å². The second-order valence-electron chi connectivity index (χ2n) is 7.57. The van der Waals surface area contributed by atoms with Crippen molar-refractivity contribution >= 4 is 5.78 Å². The van der Waals surface area contributed by atoms with Crippen LogP contribution < -0.4 is 0 Å². The van der Waals surface area contributed by atoms with Gasteiger partial charge in [0.25, 0.3) is 0 Å². The Morgan fingerprint density at radius 1 is 1.37 bits per heavy atom. The van der Waals surface area contributed by atoms with Crippen molar-refractivity contribution in [2.45, 2.75) is 66.7 Å². The minimum absolute atomic E-state index is 0.201. The van der Waals surface area contributed by atoms with Crippen molar-refractivity contribution in [3.05, 3.63) is 11.6 Å². The lowest BCUT2D eigenvalue weighted by Crippen LogP contribution is -2.45. The average Bonchev–Trinajstić information content (AvgIpc) is 2.40. The van der Waals surface area contributed by atoms with Crippen LogP contribution in [0.2, 0.25) is 0 Å². The first-order chi connectivity index (χ1) is 8.86. The fourth-order valence-corrected chi connectivity index (χ4v) is 4.34. The Kier molecular flexibility index (Phi) is 4.23. The monoisotopic (exact) mass is 262 g/mol. The van der Waals surface area contributed by atoms with E-state index in [2.05, 4.69) is 33.8 Å². The third-order valence-corrected chi connectivity index (χ3v) is 5.74. The van der Waals surface area contributed by atoms with Gasteiger partial charge in [-0.25, -0.2) is 0 Å². The van der Waals surface area contributed by atoms with Gasteiger partial charge in [0.15, 0.2) is 0 Å². The zero-order chi connectivity index (χ0) is 14.2. The molecule has 0 N–H and O–H groups in total. The van der Waals surface area contributed by atoms with Crippen LogP contribution in [0.4, 0.5) is 0 Å². The molecule has 108 valence electrons. The Morgan fingerprint density at radius 3 is 2.63 bits per heavy atom. The van der Waals surface area contributed by atoms with Crippen molar-refractivity contribution in [3.63, 3.8) is 0 Å². The largest absolute Gasteiger partial charge is 0.299 e. The fourth-order valence-electron chi connectivity index (χ4n) is 4.34. The minimum atomic E-state index is 0.201. The molecular formula is C18H30O. The summed E-state index contributed by atoms with van der Waals surface area (Å²) in [7, 11) is 0. The Morgan fingerprint density at radius 2 is 2.05 bits per heavy atom. The maximum absolute atomic E-state index is 12.2. The van der Waals surface area contributed by atoms with Gasteiger partial charge in [0.2, 0.25) is 0 Å². The molecule has 1 fully saturated rings. The van der Waals surface area contributed by atoms with Crippen molar-refractivity contribution in [2.75, 3.05) is 0 Å². The lowest BCUT2D eigenvalue weighted by Gasteiger charge is -2.53. The van der Waals surface area contributed by atoms with E-state index in [9.17, 15) is 4.79 Å². The quantitative estimate of drug-likeness (QED) is 0.639. The maximum Gasteiger partial charge on any atom is 0.139 e. The van der Waals surface area contributed by atoms with Crippen molar-refractivity contribution in [2.24, 2.45) is 29.1 Å². The van der Waals surface area contributed by atoms with Gasteiger partial charge in [0.05, 0.1) is 0 Å². The summed E-state index contributed by atoms with van der Waals surface area (Å²) < 4.78 is 0. The van der Waals surface area contributed by atoms with Crippen LogP contribution in [0.25, 0.3) is 0 Å². The first-order valence-corrected chi connectivity index (χ1v) is 8.08. The van der Waals surface area contributed by atoms with E-state index in [1.165, 1.54) is 24.8 Å². The topological polar surface area (TPSA) is 17.1 Å². The minimum Gasteiger partial charge on any atom is -0.299 e. The standard InChI is InChI=1S/C18H30O/c1-6-17(19)14-9-7-8-12(2)15-11-18(4,5)16(15)10-13(14)3/h10,12,14-16H,6-9,11H2,1-5H3/t12-,14+,15-,16+/m0/s1. The Hall–Kier alpha value is -0.590. The summed E-state index contributed by atoms with van der Waals surface area (Å²) in [6, 6.07) is 0. The first kappa shape index (κ1) is 14.8. The summed E-state index contributed by atoms with van der Waals surface area (Å²) in [5.74, 6) is 3.00. The van der Waals surface area contributed by atoms with Gasteiger partial charge in [-0.2, -0.15) is 0 Å². The number of allylic oxidation sites excluding steroid dienone is 2. The smallest absolute Gasteiger partial charge is 0.139 e. The molecule has 1 nitrogen and oxygen atoms in total. The van der Waals surface area contributed by atoms with Crippen LogP contribution in [0.3, 0.4) is 0 Å². The lowest BCUT2D eigenvalue weighted by atomic mass is 9.52. The van der Waals surface area contributed by atoms with E-state index < -0.39 is 0 Å². The summed E-state index contributed by atoms with van der Waals surface area (Å²) in [5.41, 5.74) is 1.79. The van der Waals surface area contributed by atoms with Crippen LogP contribution in [-0.4, -0.2) is 5.78 Å². The Balaban J connectivity index is 2.26. The zero-order valence-corrected chi connectivity index (χ0v) is 13.3. The number of ketones is 1. The molecule has 1 heteroatoms. The van der Waals surface area contributed by atoms with Crippen molar-refractivity contribution < 1.29 is 4.79 Å². The molecule has 0 bridgehead atoms. The molecule has 0 aromatic carbocycles. The first-order valence-electron chi connectivity index (χ1n) is 8.08. The summed E-state index contributed by atoms with van der Waals surface area (Å²) in [5, 5.41) is 0. The Bertz CT molecular complexity index is 377. The molecule has 0 aromatic heterocycles. The maximum atomic E-state index is 12.2. The SMILES string of the molecule is CCC(=O)[C@@H]1CCC[C@H](C)[C@@H]2CC(C)(C)[C@@H]2C=C1C. The van der Waals surface area contributed by atoms with Crippen LogP contribution in [-0.2, 0) is 4.79 Å². The highest BCUT2D eigenvalue weighted by Crippen LogP contribution is 2.56. The van der Waals surface area contributed by atoms with Crippen LogP contribution in [0.1, 0.15) is 66.7 Å². The summed E-state index contributed by atoms with van der Waals surface area (Å²) in [6.45, 7) is 11.4. The summed E-state index contributed by atoms with van der Waals surface area (Å²) in [4.78, 5) is 12.2. The number of carbonyl (C=O) groups is 1. The molecule has 2 rings (SSSR count). The number of fused-ring (bicyclic) bond motifs is 1. The van der Waals surface area contributed by atoms with Gasteiger partial charge in [-0.15, -0.1) is 0 Å². The van der Waals surface area contributed by atoms with E-state index in [4.69, 9.17) is 0 Å². The van der Waals surface area contributed by atoms with Crippen molar-refractivity contribution in [1.29, 1.82) is 0 Å². The lowest BCUT2D eigenvalue weighted by molar-refractivity contribution is -0.121. The van der Waals surface area contributed by atoms with Gasteiger partial charge in [-0.05, 0) is 42.9 Å². The fraction of sp³-hybridized carbons (Fsp3) is 0.833. The molecule has 0 aliphatic heterocycles. The average molecular weight is 262 g/mol. The van der Waals surface area contributed by atoms with E-state index in [1.807, 2.05) is 6.92 Å². The van der Waals surface area contributed by atoms with E-state index in [0.717, 1.165) is 18.3 Å². The third kappa shape index (κ3) is 2.80. The van der Waals surface area contributed by atoms with E-state index in [-0.39, 0.29) is 5.92 Å². The molecule has 0 radical (unpaired) electrons. The van der Waals surface area contributed by atoms with Crippen LogP contribution in [0, 0.1) is 29.1 Å². The molecule has 0 aromatic rings. The van der Waals surface area contributed by atoms with E-state index >= 15 is 0 Å². The van der Waals surface area contributed by atoms with Gasteiger partial charge in [0, 0.05) is 12.3 Å². The van der Waals surface area contributed by atoms with Crippen molar-refractivity contribution in [1.82, 2.24) is 0 Å². The molecule has 0 spiro atoms. The molecule has 0 amide bonds.